The average Bonchev–Trinajstić information content (AvgIpc) is 3.71. The molecule has 1 aromatic heterocycles. The molecule has 1 aromatic rings. The molecule has 4 heterocycles. The van der Waals surface area contributed by atoms with Crippen molar-refractivity contribution in [2.75, 3.05) is 13.2 Å². The van der Waals surface area contributed by atoms with Crippen molar-refractivity contribution in [3.63, 3.8) is 0 Å². The second-order valence-electron chi connectivity index (χ2n) is 14.3. The van der Waals surface area contributed by atoms with E-state index in [9.17, 15) is 58.2 Å². The molecule has 3 aliphatic heterocycles. The minimum absolute atomic E-state index is 0.327. The lowest BCUT2D eigenvalue weighted by molar-refractivity contribution is -0.389. The van der Waals surface area contributed by atoms with Gasteiger partial charge in [0, 0.05) is 55.4 Å². The fourth-order valence-electron chi connectivity index (χ4n) is 7.43. The molecule has 0 aliphatic carbocycles. The van der Waals surface area contributed by atoms with Crippen LogP contribution in [0.25, 0.3) is 0 Å². The number of ether oxygens (including phenoxy) is 12. The Morgan fingerprint density at radius 3 is 1.43 bits per heavy atom. The number of aromatic nitrogens is 1. The largest absolute Gasteiger partial charge is 0.463 e. The van der Waals surface area contributed by atoms with E-state index in [0.717, 1.165) is 55.4 Å². The molecule has 3 saturated heterocycles. The van der Waals surface area contributed by atoms with Gasteiger partial charge in [0.1, 0.15) is 49.3 Å². The molecule has 61 heavy (non-hydrogen) atoms. The van der Waals surface area contributed by atoms with E-state index in [4.69, 9.17) is 56.8 Å². The average molecular weight is 878 g/mol. The molecule has 25 nitrogen and oxygen atoms in total. The van der Waals surface area contributed by atoms with Crippen molar-refractivity contribution in [2.45, 2.75) is 154 Å². The molecule has 0 aromatic carbocycles. The monoisotopic (exact) mass is 877 g/mol. The zero-order valence-corrected chi connectivity index (χ0v) is 34.3. The fraction of sp³-hybridized carbons (Fsp3) is 0.722. The molecule has 0 saturated carbocycles. The first-order valence-corrected chi connectivity index (χ1v) is 18.6. The standard InChI is InChI=1S/C36H47NO24/c1-12-23(53-15(4)40)25(55-17(6)42)27(57-19(8)44)31(52-12)36(49)29(37-32(46)33(37)47)34(48)59-22(11-51-14(3)39)30(36)61-35-28(58-20(9)45)26(56-18(7)43)24(54-16(5)41)21(60-35)10-50-13(2)38/h12,21-31,34-35,48-49H,10-11H2,1-9H3/t12-,21-,22-,23+,24+,25+,26+,27-,28-,29+,30-,31+,34-,35+,36-/m1/s1. The fourth-order valence-corrected chi connectivity index (χ4v) is 7.43. The Balaban J connectivity index is 2.04. The van der Waals surface area contributed by atoms with Crippen molar-refractivity contribution >= 4 is 47.8 Å². The maximum absolute atomic E-state index is 13.4. The Morgan fingerprint density at radius 2 is 0.967 bits per heavy atom. The number of aliphatic hydroxyl groups excluding tert-OH is 1. The Morgan fingerprint density at radius 1 is 0.557 bits per heavy atom. The second-order valence-corrected chi connectivity index (χ2v) is 14.3. The van der Waals surface area contributed by atoms with E-state index in [0.29, 0.717) is 4.57 Å². The van der Waals surface area contributed by atoms with Crippen LogP contribution < -0.4 is 11.1 Å². The summed E-state index contributed by atoms with van der Waals surface area (Å²) in [4.78, 5) is 125. The Bertz CT molecular complexity index is 1890. The minimum atomic E-state index is -3.22. The smallest absolute Gasteiger partial charge is 0.320 e. The molecule has 0 bridgehead atoms. The minimum Gasteiger partial charge on any atom is -0.463 e. The van der Waals surface area contributed by atoms with Crippen LogP contribution >= 0.6 is 0 Å². The van der Waals surface area contributed by atoms with Gasteiger partial charge in [-0.2, -0.15) is 0 Å². The molecule has 0 radical (unpaired) electrons. The highest BCUT2D eigenvalue weighted by Gasteiger charge is 2.70. The number of nitrogens with zero attached hydrogens (tertiary/aromatic N) is 1. The van der Waals surface area contributed by atoms with Gasteiger partial charge < -0.3 is 67.1 Å². The molecule has 0 spiro atoms. The molecule has 25 heteroatoms. The molecule has 0 unspecified atom stereocenters. The maximum Gasteiger partial charge on any atom is 0.320 e. The highest BCUT2D eigenvalue weighted by Crippen LogP contribution is 2.48. The molecule has 340 valence electrons. The van der Waals surface area contributed by atoms with Gasteiger partial charge in [0.05, 0.1) is 6.10 Å². The second kappa shape index (κ2) is 19.6. The third-order valence-electron chi connectivity index (χ3n) is 9.51. The van der Waals surface area contributed by atoms with Gasteiger partial charge in [0.25, 0.3) is 0 Å². The molecule has 4 rings (SSSR count). The van der Waals surface area contributed by atoms with Crippen LogP contribution in [0.2, 0.25) is 0 Å². The highest BCUT2D eigenvalue weighted by atomic mass is 16.8. The Labute approximate surface area is 345 Å². The zero-order valence-electron chi connectivity index (χ0n) is 34.3. The summed E-state index contributed by atoms with van der Waals surface area (Å²) >= 11 is 0. The summed E-state index contributed by atoms with van der Waals surface area (Å²) in [7, 11) is 0. The predicted molar refractivity (Wildman–Crippen MR) is 189 cm³/mol. The van der Waals surface area contributed by atoms with Crippen LogP contribution in [0.3, 0.4) is 0 Å². The van der Waals surface area contributed by atoms with Gasteiger partial charge >= 0.3 is 58.9 Å². The Kier molecular flexibility index (Phi) is 15.5. The van der Waals surface area contributed by atoms with Gasteiger partial charge in [0.15, 0.2) is 49.2 Å². The van der Waals surface area contributed by atoms with Crippen LogP contribution in [-0.2, 0) is 95.2 Å². The topological polar surface area (TPSA) is 327 Å². The van der Waals surface area contributed by atoms with Gasteiger partial charge in [0.2, 0.25) is 0 Å². The van der Waals surface area contributed by atoms with Gasteiger partial charge in [-0.05, 0) is 6.92 Å². The molecule has 2 N–H and O–H groups in total. The van der Waals surface area contributed by atoms with Crippen LogP contribution in [0.4, 0.5) is 0 Å². The number of carbonyl (C=O) groups is 8. The van der Waals surface area contributed by atoms with E-state index in [2.05, 4.69) is 0 Å². The van der Waals surface area contributed by atoms with Crippen molar-refractivity contribution in [2.24, 2.45) is 0 Å². The number of hydrogen-bond acceptors (Lipinski definition) is 24. The van der Waals surface area contributed by atoms with E-state index >= 15 is 0 Å². The molecule has 3 fully saturated rings. The first kappa shape index (κ1) is 48.3. The SMILES string of the molecule is CC(=O)OC[C@H]1O[C@@H](O[C@@H]2[C@@H](COC(C)=O)O[C@@H](O)[C@H](n3c(=O)c3=O)[C@]2(O)[C@H]2O[C@H](C)[C@H](OC(C)=O)[C@H](OC(C)=O)[C@H]2OC(C)=O)[C@H](OC(C)=O)[C@@H](OC(C)=O)[C@H]1OC(C)=O. The molecule has 3 aliphatic rings. The lowest BCUT2D eigenvalue weighted by atomic mass is 9.73. The van der Waals surface area contributed by atoms with E-state index in [-0.39, 0.29) is 0 Å². The molecular formula is C36H47NO24. The quantitative estimate of drug-likeness (QED) is 0.105. The summed E-state index contributed by atoms with van der Waals surface area (Å²) in [6.45, 7) is 7.24. The van der Waals surface area contributed by atoms with Gasteiger partial charge in [-0.3, -0.25) is 52.5 Å². The normalized spacial score (nSPS) is 34.9. The third-order valence-corrected chi connectivity index (χ3v) is 9.51. The first-order valence-electron chi connectivity index (χ1n) is 18.6. The van der Waals surface area contributed by atoms with E-state index < -0.39 is 163 Å². The van der Waals surface area contributed by atoms with E-state index in [1.54, 1.807) is 0 Å². The summed E-state index contributed by atoms with van der Waals surface area (Å²) in [5.74, 6) is -8.00. The lowest BCUT2D eigenvalue weighted by Gasteiger charge is -2.57. The number of rotatable bonds is 14. The van der Waals surface area contributed by atoms with Gasteiger partial charge in [-0.1, -0.05) is 0 Å². The zero-order chi connectivity index (χ0) is 45.8. The van der Waals surface area contributed by atoms with Crippen LogP contribution in [0.1, 0.15) is 68.4 Å². The molecule has 0 amide bonds. The van der Waals surface area contributed by atoms with Crippen LogP contribution in [0, 0.1) is 0 Å². The third kappa shape index (κ3) is 11.1. The van der Waals surface area contributed by atoms with E-state index in [1.807, 2.05) is 0 Å². The Hall–Kier alpha value is -5.34. The van der Waals surface area contributed by atoms with Crippen molar-refractivity contribution in [3.8, 4) is 0 Å². The number of aliphatic hydroxyl groups is 2. The number of esters is 8. The van der Waals surface area contributed by atoms with Crippen molar-refractivity contribution in [1.29, 1.82) is 0 Å². The van der Waals surface area contributed by atoms with Crippen molar-refractivity contribution < 1.29 is 105 Å². The first-order chi connectivity index (χ1) is 28.4. The lowest BCUT2D eigenvalue weighted by Crippen LogP contribution is -2.77. The summed E-state index contributed by atoms with van der Waals surface area (Å²) in [6, 6.07) is -2.31. The number of carbonyl (C=O) groups excluding carboxylic acids is 8. The predicted octanol–water partition coefficient (Wildman–Crippen LogP) is -3.31. The summed E-state index contributed by atoms with van der Waals surface area (Å²) in [5.41, 5.74) is -5.81. The van der Waals surface area contributed by atoms with Crippen LogP contribution in [-0.4, -0.2) is 161 Å². The summed E-state index contributed by atoms with van der Waals surface area (Å²) in [6.07, 6.45) is -25.2. The van der Waals surface area contributed by atoms with Gasteiger partial charge in [-0.25, -0.2) is 0 Å². The van der Waals surface area contributed by atoms with E-state index in [1.165, 1.54) is 6.92 Å². The maximum atomic E-state index is 13.4. The molecule has 15 atom stereocenters. The van der Waals surface area contributed by atoms with Crippen molar-refractivity contribution in [1.82, 2.24) is 4.57 Å². The highest BCUT2D eigenvalue weighted by molar-refractivity contribution is 5.70. The summed E-state index contributed by atoms with van der Waals surface area (Å²) in [5, 5.41) is 25.0. The van der Waals surface area contributed by atoms with Crippen LogP contribution in [0.15, 0.2) is 9.59 Å². The van der Waals surface area contributed by atoms with Crippen molar-refractivity contribution in [3.05, 3.63) is 20.7 Å². The summed E-state index contributed by atoms with van der Waals surface area (Å²) < 4.78 is 67.7. The van der Waals surface area contributed by atoms with Gasteiger partial charge in [-0.15, -0.1) is 0 Å². The molecular weight excluding hydrogens is 830 g/mol. The van der Waals surface area contributed by atoms with Crippen LogP contribution in [0.5, 0.6) is 0 Å². The number of hydrogen-bond donors (Lipinski definition) is 2.